The summed E-state index contributed by atoms with van der Waals surface area (Å²) in [7, 11) is 3.18. The minimum Gasteiger partial charge on any atom is -0.496 e. The van der Waals surface area contributed by atoms with Gasteiger partial charge in [-0.1, -0.05) is 11.6 Å². The number of aromatic carboxylic acids is 1. The molecule has 1 aromatic heterocycles. The van der Waals surface area contributed by atoms with Crippen molar-refractivity contribution in [3.8, 4) is 17.0 Å². The van der Waals surface area contributed by atoms with Gasteiger partial charge in [0, 0.05) is 12.6 Å². The molecular weight excluding hydrogens is 232 g/mol. The Morgan fingerprint density at radius 2 is 2.11 bits per heavy atom. The van der Waals surface area contributed by atoms with E-state index in [9.17, 15) is 4.79 Å². The standard InChI is InChI=1S/C13H14N2O3/c1-8-4-5-12(18-3)9(6-8)10-7-11(13(16)17)15(2)14-10/h4-7H,1-3H3,(H,16,17). The molecule has 18 heavy (non-hydrogen) atoms. The van der Waals surface area contributed by atoms with Gasteiger partial charge in [0.05, 0.1) is 12.8 Å². The molecule has 0 atom stereocenters. The highest BCUT2D eigenvalue weighted by Crippen LogP contribution is 2.30. The van der Waals surface area contributed by atoms with Crippen LogP contribution in [0.3, 0.4) is 0 Å². The highest BCUT2D eigenvalue weighted by molar-refractivity contribution is 5.87. The molecule has 1 heterocycles. The summed E-state index contributed by atoms with van der Waals surface area (Å²) in [5.74, 6) is -0.321. The number of hydrogen-bond donors (Lipinski definition) is 1. The number of rotatable bonds is 3. The maximum atomic E-state index is 11.0. The summed E-state index contributed by atoms with van der Waals surface area (Å²) in [4.78, 5) is 11.0. The van der Waals surface area contributed by atoms with Gasteiger partial charge >= 0.3 is 5.97 Å². The fourth-order valence-electron chi connectivity index (χ4n) is 1.82. The van der Waals surface area contributed by atoms with E-state index in [4.69, 9.17) is 9.84 Å². The Labute approximate surface area is 105 Å². The van der Waals surface area contributed by atoms with Crippen molar-refractivity contribution in [3.05, 3.63) is 35.5 Å². The molecule has 0 saturated carbocycles. The third kappa shape index (κ3) is 2.07. The third-order valence-corrected chi connectivity index (χ3v) is 2.73. The fourth-order valence-corrected chi connectivity index (χ4v) is 1.82. The predicted octanol–water partition coefficient (Wildman–Crippen LogP) is 2.10. The summed E-state index contributed by atoms with van der Waals surface area (Å²) in [5.41, 5.74) is 2.60. The molecule has 1 N–H and O–H groups in total. The molecule has 0 spiro atoms. The SMILES string of the molecule is COc1ccc(C)cc1-c1cc(C(=O)O)n(C)n1. The van der Waals surface area contributed by atoms with Gasteiger partial charge in [-0.25, -0.2) is 4.79 Å². The van der Waals surface area contributed by atoms with Crippen LogP contribution in [-0.2, 0) is 7.05 Å². The average Bonchev–Trinajstić information content (AvgIpc) is 2.71. The van der Waals surface area contributed by atoms with E-state index in [0.29, 0.717) is 11.4 Å². The van der Waals surface area contributed by atoms with Crippen molar-refractivity contribution in [2.24, 2.45) is 7.05 Å². The van der Waals surface area contributed by atoms with E-state index in [2.05, 4.69) is 5.10 Å². The second kappa shape index (κ2) is 4.52. The van der Waals surface area contributed by atoms with Gasteiger partial charge in [0.25, 0.3) is 0 Å². The van der Waals surface area contributed by atoms with Crippen molar-refractivity contribution in [3.63, 3.8) is 0 Å². The van der Waals surface area contributed by atoms with Crippen molar-refractivity contribution in [2.75, 3.05) is 7.11 Å². The molecule has 0 aliphatic carbocycles. The molecule has 2 aromatic rings. The van der Waals surface area contributed by atoms with Crippen LogP contribution in [0.4, 0.5) is 0 Å². The summed E-state index contributed by atoms with van der Waals surface area (Å²) in [5, 5.41) is 13.2. The molecule has 0 bridgehead atoms. The Bertz CT molecular complexity index is 602. The Morgan fingerprint density at radius 1 is 1.39 bits per heavy atom. The van der Waals surface area contributed by atoms with Crippen molar-refractivity contribution in [1.29, 1.82) is 0 Å². The number of carboxylic acids is 1. The molecule has 0 unspecified atom stereocenters. The normalized spacial score (nSPS) is 10.4. The minimum atomic E-state index is -0.997. The molecule has 1 aromatic carbocycles. The maximum Gasteiger partial charge on any atom is 0.354 e. The van der Waals surface area contributed by atoms with E-state index in [1.807, 2.05) is 25.1 Å². The van der Waals surface area contributed by atoms with E-state index in [1.165, 1.54) is 4.68 Å². The van der Waals surface area contributed by atoms with Crippen LogP contribution in [-0.4, -0.2) is 28.0 Å². The largest absolute Gasteiger partial charge is 0.496 e. The first kappa shape index (κ1) is 12.2. The van der Waals surface area contributed by atoms with Gasteiger partial charge in [-0.15, -0.1) is 0 Å². The van der Waals surface area contributed by atoms with Gasteiger partial charge in [0.2, 0.25) is 0 Å². The lowest BCUT2D eigenvalue weighted by atomic mass is 10.1. The van der Waals surface area contributed by atoms with Crippen LogP contribution in [0.5, 0.6) is 5.75 Å². The lowest BCUT2D eigenvalue weighted by Gasteiger charge is -2.06. The number of benzene rings is 1. The van der Waals surface area contributed by atoms with Gasteiger partial charge in [-0.05, 0) is 25.1 Å². The van der Waals surface area contributed by atoms with E-state index < -0.39 is 5.97 Å². The second-order valence-electron chi connectivity index (χ2n) is 4.05. The number of methoxy groups -OCH3 is 1. The minimum absolute atomic E-state index is 0.147. The predicted molar refractivity (Wildman–Crippen MR) is 66.9 cm³/mol. The van der Waals surface area contributed by atoms with E-state index >= 15 is 0 Å². The van der Waals surface area contributed by atoms with Gasteiger partial charge in [0.15, 0.2) is 0 Å². The van der Waals surface area contributed by atoms with Gasteiger partial charge < -0.3 is 9.84 Å². The number of ether oxygens (including phenoxy) is 1. The lowest BCUT2D eigenvalue weighted by molar-refractivity contribution is 0.0685. The molecule has 0 fully saturated rings. The monoisotopic (exact) mass is 246 g/mol. The summed E-state index contributed by atoms with van der Waals surface area (Å²) >= 11 is 0. The van der Waals surface area contributed by atoms with Gasteiger partial charge in [0.1, 0.15) is 11.4 Å². The smallest absolute Gasteiger partial charge is 0.354 e. The fraction of sp³-hybridized carbons (Fsp3) is 0.231. The van der Waals surface area contributed by atoms with E-state index in [-0.39, 0.29) is 5.69 Å². The Hall–Kier alpha value is -2.30. The number of aryl methyl sites for hydroxylation is 2. The maximum absolute atomic E-state index is 11.0. The van der Waals surface area contributed by atoms with Crippen LogP contribution in [0.25, 0.3) is 11.3 Å². The van der Waals surface area contributed by atoms with Crippen LogP contribution in [0.15, 0.2) is 24.3 Å². The van der Waals surface area contributed by atoms with E-state index in [0.717, 1.165) is 11.1 Å². The molecule has 0 amide bonds. The van der Waals surface area contributed by atoms with E-state index in [1.54, 1.807) is 20.2 Å². The van der Waals surface area contributed by atoms with Gasteiger partial charge in [-0.2, -0.15) is 5.10 Å². The first-order valence-corrected chi connectivity index (χ1v) is 5.45. The average molecular weight is 246 g/mol. The number of carbonyl (C=O) groups is 1. The number of nitrogens with zero attached hydrogens (tertiary/aromatic N) is 2. The van der Waals surface area contributed by atoms with Gasteiger partial charge in [-0.3, -0.25) is 4.68 Å². The summed E-state index contributed by atoms with van der Waals surface area (Å²) < 4.78 is 6.61. The highest BCUT2D eigenvalue weighted by atomic mass is 16.5. The van der Waals surface area contributed by atoms with Crippen LogP contribution < -0.4 is 4.74 Å². The molecule has 0 saturated heterocycles. The van der Waals surface area contributed by atoms with Crippen LogP contribution in [0.1, 0.15) is 16.1 Å². The quantitative estimate of drug-likeness (QED) is 0.900. The van der Waals surface area contributed by atoms with Crippen LogP contribution >= 0.6 is 0 Å². The molecule has 0 radical (unpaired) electrons. The molecule has 5 heteroatoms. The Morgan fingerprint density at radius 3 is 2.67 bits per heavy atom. The van der Waals surface area contributed by atoms with Crippen LogP contribution in [0.2, 0.25) is 0 Å². The summed E-state index contributed by atoms with van der Waals surface area (Å²) in [6.45, 7) is 1.96. The molecule has 0 aliphatic heterocycles. The summed E-state index contributed by atoms with van der Waals surface area (Å²) in [6, 6.07) is 7.25. The third-order valence-electron chi connectivity index (χ3n) is 2.73. The van der Waals surface area contributed by atoms with Crippen LogP contribution in [0, 0.1) is 6.92 Å². The van der Waals surface area contributed by atoms with Crippen molar-refractivity contribution >= 4 is 5.97 Å². The Balaban J connectivity index is 2.58. The molecule has 94 valence electrons. The number of carboxylic acid groups (broad SMARTS) is 1. The van der Waals surface area contributed by atoms with Crippen molar-refractivity contribution in [1.82, 2.24) is 9.78 Å². The first-order chi connectivity index (χ1) is 8.52. The molecular formula is C13H14N2O3. The highest BCUT2D eigenvalue weighted by Gasteiger charge is 2.15. The number of aromatic nitrogens is 2. The number of hydrogen-bond acceptors (Lipinski definition) is 3. The zero-order chi connectivity index (χ0) is 13.3. The zero-order valence-corrected chi connectivity index (χ0v) is 10.5. The summed E-state index contributed by atoms with van der Waals surface area (Å²) in [6.07, 6.45) is 0. The van der Waals surface area contributed by atoms with Crippen molar-refractivity contribution in [2.45, 2.75) is 6.92 Å². The Kier molecular flexibility index (Phi) is 3.06. The zero-order valence-electron chi connectivity index (χ0n) is 10.5. The lowest BCUT2D eigenvalue weighted by Crippen LogP contribution is -2.04. The second-order valence-corrected chi connectivity index (χ2v) is 4.05. The first-order valence-electron chi connectivity index (χ1n) is 5.45. The molecule has 5 nitrogen and oxygen atoms in total. The molecule has 2 rings (SSSR count). The molecule has 0 aliphatic rings. The van der Waals surface area contributed by atoms with Crippen molar-refractivity contribution < 1.29 is 14.6 Å². The topological polar surface area (TPSA) is 64.3 Å².